The Morgan fingerprint density at radius 2 is 2.11 bits per heavy atom. The van der Waals surface area contributed by atoms with E-state index in [2.05, 4.69) is 16.0 Å². The summed E-state index contributed by atoms with van der Waals surface area (Å²) >= 11 is 5.79. The highest BCUT2D eigenvalue weighted by Gasteiger charge is 2.23. The molecule has 1 aliphatic carbocycles. The van der Waals surface area contributed by atoms with Gasteiger partial charge in [-0.1, -0.05) is 17.7 Å². The van der Waals surface area contributed by atoms with Gasteiger partial charge in [-0.25, -0.2) is 4.79 Å². The van der Waals surface area contributed by atoms with Crippen molar-refractivity contribution in [1.29, 1.82) is 0 Å². The lowest BCUT2D eigenvalue weighted by Gasteiger charge is -2.07. The van der Waals surface area contributed by atoms with Gasteiger partial charge in [0.25, 0.3) is 0 Å². The summed E-state index contributed by atoms with van der Waals surface area (Å²) in [5.74, 6) is -0.289. The first kappa shape index (κ1) is 12.7. The van der Waals surface area contributed by atoms with E-state index in [9.17, 15) is 9.59 Å². The summed E-state index contributed by atoms with van der Waals surface area (Å²) in [5, 5.41) is 8.41. The maximum absolute atomic E-state index is 11.5. The van der Waals surface area contributed by atoms with Crippen LogP contribution in [0.5, 0.6) is 0 Å². The van der Waals surface area contributed by atoms with Crippen molar-refractivity contribution in [3.63, 3.8) is 0 Å². The Balaban J connectivity index is 1.72. The summed E-state index contributed by atoms with van der Waals surface area (Å²) in [7, 11) is 0. The molecule has 1 saturated carbocycles. The van der Waals surface area contributed by atoms with E-state index in [0.29, 0.717) is 10.7 Å². The van der Waals surface area contributed by atoms with Crippen LogP contribution in [0.3, 0.4) is 0 Å². The second-order valence-electron chi connectivity index (χ2n) is 4.16. The first-order chi connectivity index (χ1) is 8.63. The third kappa shape index (κ3) is 4.25. The van der Waals surface area contributed by atoms with E-state index >= 15 is 0 Å². The summed E-state index contributed by atoms with van der Waals surface area (Å²) in [6.07, 6.45) is 2.03. The second-order valence-corrected chi connectivity index (χ2v) is 4.60. The summed E-state index contributed by atoms with van der Waals surface area (Å²) in [6, 6.07) is 6.81. The predicted molar refractivity (Wildman–Crippen MR) is 69.6 cm³/mol. The number of nitrogens with one attached hydrogen (secondary N) is 3. The summed E-state index contributed by atoms with van der Waals surface area (Å²) < 4.78 is 0. The van der Waals surface area contributed by atoms with Crippen LogP contribution in [0.4, 0.5) is 10.5 Å². The van der Waals surface area contributed by atoms with Crippen molar-refractivity contribution < 1.29 is 9.59 Å². The van der Waals surface area contributed by atoms with Gasteiger partial charge in [0.2, 0.25) is 5.91 Å². The van der Waals surface area contributed by atoms with Gasteiger partial charge in [0.05, 0.1) is 6.54 Å². The number of carbonyl (C=O) groups excluding carboxylic acids is 2. The maximum Gasteiger partial charge on any atom is 0.315 e. The van der Waals surface area contributed by atoms with Crippen molar-refractivity contribution in [2.24, 2.45) is 0 Å². The Morgan fingerprint density at radius 3 is 2.78 bits per heavy atom. The van der Waals surface area contributed by atoms with E-state index in [1.54, 1.807) is 24.3 Å². The topological polar surface area (TPSA) is 70.2 Å². The molecule has 0 radical (unpaired) electrons. The Bertz CT molecular complexity index is 460. The van der Waals surface area contributed by atoms with Crippen molar-refractivity contribution in [3.8, 4) is 0 Å². The lowest BCUT2D eigenvalue weighted by molar-refractivity contribution is -0.115. The number of anilines is 1. The van der Waals surface area contributed by atoms with Gasteiger partial charge in [0.1, 0.15) is 0 Å². The third-order valence-electron chi connectivity index (χ3n) is 2.43. The molecule has 0 spiro atoms. The highest BCUT2D eigenvalue weighted by atomic mass is 35.5. The van der Waals surface area contributed by atoms with Gasteiger partial charge >= 0.3 is 6.03 Å². The van der Waals surface area contributed by atoms with Crippen LogP contribution in [0.1, 0.15) is 12.8 Å². The fraction of sp³-hybridized carbons (Fsp3) is 0.333. The molecule has 1 fully saturated rings. The Morgan fingerprint density at radius 1 is 1.33 bits per heavy atom. The van der Waals surface area contributed by atoms with Gasteiger partial charge in [-0.2, -0.15) is 0 Å². The molecular formula is C12H14ClN3O2. The molecule has 1 aromatic rings. The number of amides is 3. The van der Waals surface area contributed by atoms with Crippen molar-refractivity contribution in [1.82, 2.24) is 10.6 Å². The molecule has 1 aliphatic rings. The molecule has 5 nitrogen and oxygen atoms in total. The first-order valence-electron chi connectivity index (χ1n) is 5.73. The molecule has 0 heterocycles. The van der Waals surface area contributed by atoms with Gasteiger partial charge in [0, 0.05) is 16.8 Å². The van der Waals surface area contributed by atoms with Crippen LogP contribution < -0.4 is 16.0 Å². The smallest absolute Gasteiger partial charge is 0.315 e. The zero-order valence-corrected chi connectivity index (χ0v) is 10.5. The van der Waals surface area contributed by atoms with Gasteiger partial charge < -0.3 is 16.0 Å². The van der Waals surface area contributed by atoms with E-state index in [-0.39, 0.29) is 24.5 Å². The fourth-order valence-electron chi connectivity index (χ4n) is 1.40. The van der Waals surface area contributed by atoms with Crippen LogP contribution in [0.15, 0.2) is 24.3 Å². The number of carbonyl (C=O) groups is 2. The van der Waals surface area contributed by atoms with Crippen LogP contribution in [0.2, 0.25) is 5.02 Å². The molecule has 6 heteroatoms. The van der Waals surface area contributed by atoms with Crippen molar-refractivity contribution in [2.45, 2.75) is 18.9 Å². The van der Waals surface area contributed by atoms with E-state index in [0.717, 1.165) is 12.8 Å². The van der Waals surface area contributed by atoms with Crippen LogP contribution in [-0.4, -0.2) is 24.5 Å². The largest absolute Gasteiger partial charge is 0.335 e. The van der Waals surface area contributed by atoms with E-state index in [1.807, 2.05) is 0 Å². The minimum absolute atomic E-state index is 0.0644. The fourth-order valence-corrected chi connectivity index (χ4v) is 1.59. The quantitative estimate of drug-likeness (QED) is 0.778. The Labute approximate surface area is 110 Å². The number of urea groups is 1. The van der Waals surface area contributed by atoms with Crippen LogP contribution in [0.25, 0.3) is 0 Å². The average molecular weight is 268 g/mol. The minimum Gasteiger partial charge on any atom is -0.335 e. The lowest BCUT2D eigenvalue weighted by Crippen LogP contribution is -2.40. The number of hydrogen-bond acceptors (Lipinski definition) is 2. The van der Waals surface area contributed by atoms with Crippen molar-refractivity contribution in [3.05, 3.63) is 29.3 Å². The van der Waals surface area contributed by atoms with E-state index < -0.39 is 0 Å². The monoisotopic (exact) mass is 267 g/mol. The third-order valence-corrected chi connectivity index (χ3v) is 2.67. The molecule has 0 atom stereocenters. The molecular weight excluding hydrogens is 254 g/mol. The molecule has 0 aromatic heterocycles. The molecule has 1 aromatic carbocycles. The maximum atomic E-state index is 11.5. The SMILES string of the molecule is O=C(CNC(=O)NC1CC1)Nc1cccc(Cl)c1. The lowest BCUT2D eigenvalue weighted by atomic mass is 10.3. The first-order valence-corrected chi connectivity index (χ1v) is 6.11. The number of rotatable bonds is 4. The van der Waals surface area contributed by atoms with Gasteiger partial charge in [0.15, 0.2) is 0 Å². The molecule has 2 rings (SSSR count). The number of hydrogen-bond donors (Lipinski definition) is 3. The van der Waals surface area contributed by atoms with Crippen molar-refractivity contribution in [2.75, 3.05) is 11.9 Å². The predicted octanol–water partition coefficient (Wildman–Crippen LogP) is 1.74. The van der Waals surface area contributed by atoms with Crippen LogP contribution in [-0.2, 0) is 4.79 Å². The van der Waals surface area contributed by atoms with Crippen molar-refractivity contribution >= 4 is 29.2 Å². The highest BCUT2D eigenvalue weighted by Crippen LogP contribution is 2.18. The number of halogens is 1. The average Bonchev–Trinajstić information content (AvgIpc) is 3.10. The van der Waals surface area contributed by atoms with Gasteiger partial charge in [-0.05, 0) is 31.0 Å². The van der Waals surface area contributed by atoms with Gasteiger partial charge in [-0.3, -0.25) is 4.79 Å². The minimum atomic E-state index is -0.307. The summed E-state index contributed by atoms with van der Waals surface area (Å²) in [6.45, 7) is -0.0644. The van der Waals surface area contributed by atoms with E-state index in [1.165, 1.54) is 0 Å². The standard InChI is InChI=1S/C12H14ClN3O2/c13-8-2-1-3-10(6-8)15-11(17)7-14-12(18)16-9-4-5-9/h1-3,6,9H,4-5,7H2,(H,15,17)(H2,14,16,18). The van der Waals surface area contributed by atoms with Crippen LogP contribution in [0, 0.1) is 0 Å². The molecule has 0 saturated heterocycles. The zero-order valence-electron chi connectivity index (χ0n) is 9.70. The molecule has 0 bridgehead atoms. The molecule has 18 heavy (non-hydrogen) atoms. The van der Waals surface area contributed by atoms with Crippen LogP contribution >= 0.6 is 11.6 Å². The van der Waals surface area contributed by atoms with E-state index in [4.69, 9.17) is 11.6 Å². The molecule has 96 valence electrons. The molecule has 0 aliphatic heterocycles. The van der Waals surface area contributed by atoms with Gasteiger partial charge in [-0.15, -0.1) is 0 Å². The number of benzene rings is 1. The Hall–Kier alpha value is -1.75. The second kappa shape index (κ2) is 5.73. The zero-order chi connectivity index (χ0) is 13.0. The molecule has 3 N–H and O–H groups in total. The molecule has 3 amide bonds. The Kier molecular flexibility index (Phi) is 4.04. The summed E-state index contributed by atoms with van der Waals surface area (Å²) in [5.41, 5.74) is 0.608. The highest BCUT2D eigenvalue weighted by molar-refractivity contribution is 6.30. The molecule has 0 unspecified atom stereocenters. The summed E-state index contributed by atoms with van der Waals surface area (Å²) in [4.78, 5) is 22.8. The normalized spacial score (nSPS) is 13.8.